The van der Waals surface area contributed by atoms with Crippen molar-refractivity contribution in [2.24, 2.45) is 4.99 Å². The number of hydrogen-bond donors (Lipinski definition) is 2. The maximum absolute atomic E-state index is 14.5. The maximum atomic E-state index is 14.5. The van der Waals surface area contributed by atoms with Crippen molar-refractivity contribution in [3.63, 3.8) is 0 Å². The second kappa shape index (κ2) is 9.46. The van der Waals surface area contributed by atoms with E-state index in [1.54, 1.807) is 13.1 Å². The van der Waals surface area contributed by atoms with Gasteiger partial charge in [-0.15, -0.1) is 0 Å². The standard InChI is InChI=1S/C19H29FN4OS/c1-21-19(23-15-4-5-16(12-15)26-2)22-13-14-3-6-18(17(20)11-14)24-7-9-25-10-8-24/h3,6,11,15-16H,4-5,7-10,12-13H2,1-2H3,(H2,21,22,23). The van der Waals surface area contributed by atoms with E-state index in [-0.39, 0.29) is 5.82 Å². The molecule has 1 aromatic carbocycles. The Morgan fingerprint density at radius 2 is 2.15 bits per heavy atom. The molecule has 7 heteroatoms. The molecule has 1 aliphatic heterocycles. The average molecular weight is 381 g/mol. The third-order valence-corrected chi connectivity index (χ3v) is 6.20. The van der Waals surface area contributed by atoms with Crippen LogP contribution in [0.3, 0.4) is 0 Å². The molecular formula is C19H29FN4OS. The Morgan fingerprint density at radius 3 is 2.81 bits per heavy atom. The zero-order valence-corrected chi connectivity index (χ0v) is 16.4. The number of nitrogens with one attached hydrogen (secondary N) is 2. The first-order chi connectivity index (χ1) is 12.7. The number of hydrogen-bond acceptors (Lipinski definition) is 4. The fourth-order valence-electron chi connectivity index (χ4n) is 3.58. The minimum absolute atomic E-state index is 0.173. The predicted molar refractivity (Wildman–Crippen MR) is 108 cm³/mol. The number of benzene rings is 1. The predicted octanol–water partition coefficient (Wildman–Crippen LogP) is 2.61. The van der Waals surface area contributed by atoms with Gasteiger partial charge in [0.2, 0.25) is 0 Å². The monoisotopic (exact) mass is 380 g/mol. The number of morpholine rings is 1. The van der Waals surface area contributed by atoms with E-state index in [0.717, 1.165) is 29.9 Å². The number of guanidine groups is 1. The number of aliphatic imine (C=N–C) groups is 1. The normalized spacial score (nSPS) is 24.0. The van der Waals surface area contributed by atoms with Crippen LogP contribution in [0.25, 0.3) is 0 Å². The van der Waals surface area contributed by atoms with Gasteiger partial charge in [-0.05, 0) is 43.2 Å². The highest BCUT2D eigenvalue weighted by Crippen LogP contribution is 2.28. The van der Waals surface area contributed by atoms with E-state index >= 15 is 0 Å². The zero-order valence-electron chi connectivity index (χ0n) is 15.6. The molecular weight excluding hydrogens is 351 g/mol. The molecule has 2 aliphatic rings. The topological polar surface area (TPSA) is 48.9 Å². The lowest BCUT2D eigenvalue weighted by Crippen LogP contribution is -2.42. The summed E-state index contributed by atoms with van der Waals surface area (Å²) >= 11 is 1.94. The summed E-state index contributed by atoms with van der Waals surface area (Å²) in [5.41, 5.74) is 1.57. The Morgan fingerprint density at radius 1 is 1.35 bits per heavy atom. The van der Waals surface area contributed by atoms with Crippen molar-refractivity contribution in [1.82, 2.24) is 10.6 Å². The average Bonchev–Trinajstić information content (AvgIpc) is 3.13. The Balaban J connectivity index is 1.52. The third-order valence-electron chi connectivity index (χ3n) is 5.11. The van der Waals surface area contributed by atoms with Gasteiger partial charge in [-0.1, -0.05) is 6.07 Å². The van der Waals surface area contributed by atoms with E-state index in [0.29, 0.717) is 31.5 Å². The van der Waals surface area contributed by atoms with Gasteiger partial charge in [0.25, 0.3) is 0 Å². The van der Waals surface area contributed by atoms with E-state index in [4.69, 9.17) is 4.74 Å². The summed E-state index contributed by atoms with van der Waals surface area (Å²) in [6, 6.07) is 5.94. The van der Waals surface area contributed by atoms with Gasteiger partial charge in [-0.3, -0.25) is 4.99 Å². The first kappa shape index (κ1) is 19.3. The first-order valence-corrected chi connectivity index (χ1v) is 10.6. The van der Waals surface area contributed by atoms with Gasteiger partial charge in [-0.2, -0.15) is 11.8 Å². The van der Waals surface area contributed by atoms with Crippen LogP contribution in [-0.2, 0) is 11.3 Å². The van der Waals surface area contributed by atoms with E-state index < -0.39 is 0 Å². The lowest BCUT2D eigenvalue weighted by Gasteiger charge is -2.29. The SMILES string of the molecule is CN=C(NCc1ccc(N2CCOCC2)c(F)c1)NC1CCC(SC)C1. The smallest absolute Gasteiger partial charge is 0.191 e. The molecule has 1 aliphatic carbocycles. The second-order valence-electron chi connectivity index (χ2n) is 6.82. The van der Waals surface area contributed by atoms with E-state index in [9.17, 15) is 4.39 Å². The van der Waals surface area contributed by atoms with Gasteiger partial charge in [0.05, 0.1) is 18.9 Å². The summed E-state index contributed by atoms with van der Waals surface area (Å²) in [4.78, 5) is 6.34. The van der Waals surface area contributed by atoms with Crippen molar-refractivity contribution >= 4 is 23.4 Å². The number of halogens is 1. The van der Waals surface area contributed by atoms with Gasteiger partial charge in [0.1, 0.15) is 5.82 Å². The van der Waals surface area contributed by atoms with Crippen molar-refractivity contribution in [3.8, 4) is 0 Å². The first-order valence-electron chi connectivity index (χ1n) is 9.30. The van der Waals surface area contributed by atoms with Crippen molar-refractivity contribution in [1.29, 1.82) is 0 Å². The van der Waals surface area contributed by atoms with Crippen LogP contribution >= 0.6 is 11.8 Å². The van der Waals surface area contributed by atoms with Gasteiger partial charge in [-0.25, -0.2) is 4.39 Å². The summed E-state index contributed by atoms with van der Waals surface area (Å²) in [5, 5.41) is 7.53. The fourth-order valence-corrected chi connectivity index (χ4v) is 4.38. The quantitative estimate of drug-likeness (QED) is 0.607. The van der Waals surface area contributed by atoms with Crippen LogP contribution in [0.1, 0.15) is 24.8 Å². The van der Waals surface area contributed by atoms with Gasteiger partial charge in [0.15, 0.2) is 5.96 Å². The Hall–Kier alpha value is -1.47. The molecule has 3 rings (SSSR count). The van der Waals surface area contributed by atoms with Gasteiger partial charge >= 0.3 is 0 Å². The van der Waals surface area contributed by atoms with Crippen LogP contribution in [0.5, 0.6) is 0 Å². The molecule has 0 amide bonds. The summed E-state index contributed by atoms with van der Waals surface area (Å²) < 4.78 is 19.8. The highest BCUT2D eigenvalue weighted by atomic mass is 32.2. The van der Waals surface area contributed by atoms with Crippen LogP contribution in [0.4, 0.5) is 10.1 Å². The van der Waals surface area contributed by atoms with Crippen molar-refractivity contribution in [2.75, 3.05) is 44.5 Å². The molecule has 26 heavy (non-hydrogen) atoms. The lowest BCUT2D eigenvalue weighted by atomic mass is 10.1. The van der Waals surface area contributed by atoms with Crippen LogP contribution < -0.4 is 15.5 Å². The number of nitrogens with zero attached hydrogens (tertiary/aromatic N) is 2. The van der Waals surface area contributed by atoms with E-state index in [1.165, 1.54) is 19.3 Å². The van der Waals surface area contributed by atoms with Crippen LogP contribution in [0, 0.1) is 5.82 Å². The molecule has 0 bridgehead atoms. The van der Waals surface area contributed by atoms with E-state index in [1.807, 2.05) is 28.8 Å². The summed E-state index contributed by atoms with van der Waals surface area (Å²) in [6.07, 6.45) is 5.78. The fraction of sp³-hybridized carbons (Fsp3) is 0.632. The number of ether oxygens (including phenoxy) is 1. The molecule has 1 saturated heterocycles. The molecule has 0 spiro atoms. The molecule has 1 aromatic rings. The molecule has 0 radical (unpaired) electrons. The highest BCUT2D eigenvalue weighted by Gasteiger charge is 2.24. The summed E-state index contributed by atoms with van der Waals surface area (Å²) in [6.45, 7) is 3.35. The molecule has 2 unspecified atom stereocenters. The third kappa shape index (κ3) is 5.04. The molecule has 5 nitrogen and oxygen atoms in total. The van der Waals surface area contributed by atoms with Crippen molar-refractivity contribution in [2.45, 2.75) is 37.1 Å². The molecule has 1 saturated carbocycles. The number of thioether (sulfide) groups is 1. The van der Waals surface area contributed by atoms with Crippen LogP contribution in [0.15, 0.2) is 23.2 Å². The summed E-state index contributed by atoms with van der Waals surface area (Å²) in [7, 11) is 1.78. The molecule has 1 heterocycles. The van der Waals surface area contributed by atoms with Crippen LogP contribution in [-0.4, -0.2) is 56.9 Å². The van der Waals surface area contributed by atoms with Crippen molar-refractivity contribution in [3.05, 3.63) is 29.6 Å². The van der Waals surface area contributed by atoms with Gasteiger partial charge in [0, 0.05) is 38.0 Å². The Bertz CT molecular complexity index is 622. The Kier molecular flexibility index (Phi) is 7.02. The molecule has 2 fully saturated rings. The highest BCUT2D eigenvalue weighted by molar-refractivity contribution is 7.99. The van der Waals surface area contributed by atoms with Crippen molar-refractivity contribution < 1.29 is 9.13 Å². The number of anilines is 1. The van der Waals surface area contributed by atoms with Gasteiger partial charge < -0.3 is 20.3 Å². The Labute approximate surface area is 159 Å². The largest absolute Gasteiger partial charge is 0.378 e. The maximum Gasteiger partial charge on any atom is 0.191 e. The molecule has 2 atom stereocenters. The number of rotatable bonds is 5. The minimum atomic E-state index is -0.173. The molecule has 2 N–H and O–H groups in total. The molecule has 144 valence electrons. The zero-order chi connectivity index (χ0) is 18.4. The molecule has 0 aromatic heterocycles. The lowest BCUT2D eigenvalue weighted by molar-refractivity contribution is 0.122. The second-order valence-corrected chi connectivity index (χ2v) is 7.96. The minimum Gasteiger partial charge on any atom is -0.378 e. The van der Waals surface area contributed by atoms with Crippen LogP contribution in [0.2, 0.25) is 0 Å². The summed E-state index contributed by atoms with van der Waals surface area (Å²) in [5.74, 6) is 0.613. The van der Waals surface area contributed by atoms with E-state index in [2.05, 4.69) is 21.9 Å².